The Morgan fingerprint density at radius 3 is 2.40 bits per heavy atom. The highest BCUT2D eigenvalue weighted by Crippen LogP contribution is 2.18. The third kappa shape index (κ3) is 3.76. The monoisotopic (exact) mass is 225 g/mol. The summed E-state index contributed by atoms with van der Waals surface area (Å²) in [6.45, 7) is 2.83. The molecule has 1 N–H and O–H groups in total. The molecule has 1 atom stereocenters. The summed E-state index contributed by atoms with van der Waals surface area (Å²) in [5, 5.41) is 9.38. The van der Waals surface area contributed by atoms with Gasteiger partial charge in [-0.2, -0.15) is 11.8 Å². The number of hydrogen-bond donors (Lipinski definition) is 1. The molecule has 3 heteroatoms. The van der Waals surface area contributed by atoms with Crippen molar-refractivity contribution in [2.75, 3.05) is 30.5 Å². The van der Waals surface area contributed by atoms with E-state index < -0.39 is 0 Å². The molecule has 2 nitrogen and oxygen atoms in total. The van der Waals surface area contributed by atoms with Gasteiger partial charge in [0, 0.05) is 25.0 Å². The smallest absolute Gasteiger partial charge is 0.0761 e. The van der Waals surface area contributed by atoms with Crippen molar-refractivity contribution in [2.24, 2.45) is 0 Å². The van der Waals surface area contributed by atoms with Gasteiger partial charge in [-0.25, -0.2) is 0 Å². The fraction of sp³-hybridized carbons (Fsp3) is 0.500. The maximum atomic E-state index is 9.38. The van der Waals surface area contributed by atoms with Crippen molar-refractivity contribution < 1.29 is 5.11 Å². The van der Waals surface area contributed by atoms with Crippen LogP contribution in [-0.4, -0.2) is 30.7 Å². The Morgan fingerprint density at radius 1 is 1.33 bits per heavy atom. The van der Waals surface area contributed by atoms with E-state index in [2.05, 4.69) is 30.3 Å². The van der Waals surface area contributed by atoms with E-state index in [1.54, 1.807) is 6.92 Å². The van der Waals surface area contributed by atoms with Crippen LogP contribution in [0.1, 0.15) is 18.6 Å². The average molecular weight is 225 g/mol. The summed E-state index contributed by atoms with van der Waals surface area (Å²) in [6, 6.07) is 8.08. The van der Waals surface area contributed by atoms with Gasteiger partial charge in [0.15, 0.2) is 0 Å². The van der Waals surface area contributed by atoms with Crippen LogP contribution in [0.4, 0.5) is 5.69 Å². The van der Waals surface area contributed by atoms with Gasteiger partial charge >= 0.3 is 0 Å². The Balaban J connectivity index is 2.62. The fourth-order valence-electron chi connectivity index (χ4n) is 1.36. The Hall–Kier alpha value is -0.670. The Bertz CT molecular complexity index is 284. The minimum Gasteiger partial charge on any atom is -0.389 e. The summed E-state index contributed by atoms with van der Waals surface area (Å²) in [5.74, 6) is 1.13. The maximum Gasteiger partial charge on any atom is 0.0761 e. The Labute approximate surface area is 96.3 Å². The standard InChI is InChI=1S/C12H19NOS/c1-10(14)11-4-6-12(7-5-11)13(2)8-9-15-3/h4-7,10,14H,8-9H2,1-3H3/t10-/m1/s1. The van der Waals surface area contributed by atoms with E-state index in [4.69, 9.17) is 0 Å². The van der Waals surface area contributed by atoms with Crippen LogP contribution in [0.2, 0.25) is 0 Å². The minimum absolute atomic E-state index is 0.379. The molecular weight excluding hydrogens is 206 g/mol. The second-order valence-corrected chi connectivity index (χ2v) is 4.67. The van der Waals surface area contributed by atoms with Crippen molar-refractivity contribution in [3.8, 4) is 0 Å². The van der Waals surface area contributed by atoms with E-state index in [-0.39, 0.29) is 6.10 Å². The molecule has 0 fully saturated rings. The van der Waals surface area contributed by atoms with Crippen LogP contribution in [0.5, 0.6) is 0 Å². The summed E-state index contributed by atoms with van der Waals surface area (Å²) in [6.07, 6.45) is 1.74. The quantitative estimate of drug-likeness (QED) is 0.833. The molecule has 0 aliphatic carbocycles. The second kappa shape index (κ2) is 6.03. The first-order chi connectivity index (χ1) is 7.15. The summed E-state index contributed by atoms with van der Waals surface area (Å²) in [7, 11) is 2.09. The van der Waals surface area contributed by atoms with Crippen LogP contribution in [0.3, 0.4) is 0 Å². The van der Waals surface area contributed by atoms with Crippen molar-refractivity contribution in [3.63, 3.8) is 0 Å². The molecule has 1 aromatic rings. The molecule has 1 aromatic carbocycles. The zero-order valence-electron chi connectivity index (χ0n) is 9.60. The molecule has 0 heterocycles. The number of nitrogens with zero attached hydrogens (tertiary/aromatic N) is 1. The van der Waals surface area contributed by atoms with Crippen molar-refractivity contribution >= 4 is 17.4 Å². The maximum absolute atomic E-state index is 9.38. The first kappa shape index (κ1) is 12.4. The number of aliphatic hydroxyl groups excluding tert-OH is 1. The number of hydrogen-bond acceptors (Lipinski definition) is 3. The predicted molar refractivity (Wildman–Crippen MR) is 68.7 cm³/mol. The topological polar surface area (TPSA) is 23.5 Å². The van der Waals surface area contributed by atoms with E-state index in [9.17, 15) is 5.11 Å². The number of anilines is 1. The van der Waals surface area contributed by atoms with Gasteiger partial charge in [-0.1, -0.05) is 12.1 Å². The summed E-state index contributed by atoms with van der Waals surface area (Å²) in [5.41, 5.74) is 2.17. The lowest BCUT2D eigenvalue weighted by atomic mass is 10.1. The van der Waals surface area contributed by atoms with Gasteiger partial charge in [-0.3, -0.25) is 0 Å². The van der Waals surface area contributed by atoms with Gasteiger partial charge in [0.2, 0.25) is 0 Å². The first-order valence-corrected chi connectivity index (χ1v) is 6.52. The van der Waals surface area contributed by atoms with Gasteiger partial charge in [-0.05, 0) is 30.9 Å². The lowest BCUT2D eigenvalue weighted by molar-refractivity contribution is 0.199. The lowest BCUT2D eigenvalue weighted by Crippen LogP contribution is -2.19. The highest BCUT2D eigenvalue weighted by atomic mass is 32.2. The van der Waals surface area contributed by atoms with Gasteiger partial charge in [0.05, 0.1) is 6.10 Å². The number of thioether (sulfide) groups is 1. The highest BCUT2D eigenvalue weighted by molar-refractivity contribution is 7.98. The molecule has 1 rings (SSSR count). The molecule has 15 heavy (non-hydrogen) atoms. The first-order valence-electron chi connectivity index (χ1n) is 5.13. The molecule has 0 saturated heterocycles. The van der Waals surface area contributed by atoms with Crippen LogP contribution in [0.25, 0.3) is 0 Å². The van der Waals surface area contributed by atoms with E-state index in [0.29, 0.717) is 0 Å². The van der Waals surface area contributed by atoms with Crippen molar-refractivity contribution in [1.82, 2.24) is 0 Å². The average Bonchev–Trinajstić information content (AvgIpc) is 2.26. The highest BCUT2D eigenvalue weighted by Gasteiger charge is 2.02. The Morgan fingerprint density at radius 2 is 1.93 bits per heavy atom. The number of benzene rings is 1. The summed E-state index contributed by atoms with van der Waals surface area (Å²) >= 11 is 1.85. The summed E-state index contributed by atoms with van der Waals surface area (Å²) in [4.78, 5) is 2.22. The van der Waals surface area contributed by atoms with Gasteiger partial charge in [-0.15, -0.1) is 0 Å². The molecular formula is C12H19NOS. The second-order valence-electron chi connectivity index (χ2n) is 3.68. The third-order valence-corrected chi connectivity index (χ3v) is 3.04. The van der Waals surface area contributed by atoms with Gasteiger partial charge in [0.25, 0.3) is 0 Å². The zero-order valence-corrected chi connectivity index (χ0v) is 10.4. The van der Waals surface area contributed by atoms with Gasteiger partial charge in [0.1, 0.15) is 0 Å². The van der Waals surface area contributed by atoms with Crippen LogP contribution in [0.15, 0.2) is 24.3 Å². The predicted octanol–water partition coefficient (Wildman–Crippen LogP) is 2.54. The molecule has 0 bridgehead atoms. The molecule has 0 amide bonds. The number of aliphatic hydroxyl groups is 1. The molecule has 0 aliphatic heterocycles. The van der Waals surface area contributed by atoms with E-state index >= 15 is 0 Å². The normalized spacial score (nSPS) is 12.5. The molecule has 0 aliphatic rings. The lowest BCUT2D eigenvalue weighted by Gasteiger charge is -2.19. The SMILES string of the molecule is CSCCN(C)c1ccc([C@@H](C)O)cc1. The molecule has 0 spiro atoms. The number of rotatable bonds is 5. The van der Waals surface area contributed by atoms with Crippen LogP contribution < -0.4 is 4.90 Å². The third-order valence-electron chi connectivity index (χ3n) is 2.45. The minimum atomic E-state index is -0.379. The van der Waals surface area contributed by atoms with E-state index in [1.807, 2.05) is 23.9 Å². The van der Waals surface area contributed by atoms with E-state index in [1.165, 1.54) is 5.69 Å². The van der Waals surface area contributed by atoms with Crippen LogP contribution >= 0.6 is 11.8 Å². The van der Waals surface area contributed by atoms with Gasteiger partial charge < -0.3 is 10.0 Å². The zero-order chi connectivity index (χ0) is 11.3. The van der Waals surface area contributed by atoms with Crippen molar-refractivity contribution in [2.45, 2.75) is 13.0 Å². The Kier molecular flexibility index (Phi) is 4.99. The largest absolute Gasteiger partial charge is 0.389 e. The summed E-state index contributed by atoms with van der Waals surface area (Å²) < 4.78 is 0. The van der Waals surface area contributed by atoms with E-state index in [0.717, 1.165) is 17.9 Å². The van der Waals surface area contributed by atoms with Crippen LogP contribution in [-0.2, 0) is 0 Å². The molecule has 0 saturated carbocycles. The molecule has 84 valence electrons. The van der Waals surface area contributed by atoms with Crippen LogP contribution in [0, 0.1) is 0 Å². The molecule has 0 unspecified atom stereocenters. The van der Waals surface area contributed by atoms with Crippen molar-refractivity contribution in [1.29, 1.82) is 0 Å². The fourth-order valence-corrected chi connectivity index (χ4v) is 1.82. The van der Waals surface area contributed by atoms with Crippen molar-refractivity contribution in [3.05, 3.63) is 29.8 Å². The molecule has 0 aromatic heterocycles. The molecule has 0 radical (unpaired) electrons.